The third kappa shape index (κ3) is 6.11. The van der Waals surface area contributed by atoms with Crippen LogP contribution in [0.1, 0.15) is 37.1 Å². The highest BCUT2D eigenvalue weighted by Crippen LogP contribution is 2.18. The van der Waals surface area contributed by atoms with Gasteiger partial charge in [-0.1, -0.05) is 13.8 Å². The van der Waals surface area contributed by atoms with Gasteiger partial charge in [-0.2, -0.15) is 0 Å². The van der Waals surface area contributed by atoms with Gasteiger partial charge in [0.15, 0.2) is 5.96 Å². The molecule has 6 heteroatoms. The summed E-state index contributed by atoms with van der Waals surface area (Å²) >= 11 is 1.78. The van der Waals surface area contributed by atoms with Gasteiger partial charge in [-0.05, 0) is 19.3 Å². The molecule has 1 atom stereocenters. The molecule has 1 aromatic heterocycles. The Morgan fingerprint density at radius 3 is 3.04 bits per heavy atom. The molecule has 0 saturated carbocycles. The van der Waals surface area contributed by atoms with E-state index in [1.165, 1.54) is 9.88 Å². The Labute approximate surface area is 144 Å². The number of ether oxygens (including phenoxy) is 1. The van der Waals surface area contributed by atoms with E-state index in [0.717, 1.165) is 45.1 Å². The number of guanidine groups is 1. The second kappa shape index (κ2) is 9.23. The Morgan fingerprint density at radius 2 is 2.39 bits per heavy atom. The number of hydrogen-bond acceptors (Lipinski definition) is 4. The summed E-state index contributed by atoms with van der Waals surface area (Å²) in [5, 5.41) is 4.60. The Bertz CT molecular complexity index is 495. The summed E-state index contributed by atoms with van der Waals surface area (Å²) < 4.78 is 5.47. The fraction of sp³-hybridized carbons (Fsp3) is 0.765. The minimum Gasteiger partial charge on any atom is -0.381 e. The van der Waals surface area contributed by atoms with Gasteiger partial charge < -0.3 is 15.0 Å². The number of thiazole rings is 1. The van der Waals surface area contributed by atoms with Gasteiger partial charge in [0.2, 0.25) is 0 Å². The summed E-state index contributed by atoms with van der Waals surface area (Å²) in [5.41, 5.74) is 0. The van der Waals surface area contributed by atoms with Crippen molar-refractivity contribution >= 4 is 17.3 Å². The molecule has 1 aliphatic heterocycles. The molecular formula is C17H30N4OS. The molecule has 1 aliphatic rings. The van der Waals surface area contributed by atoms with E-state index in [9.17, 15) is 0 Å². The lowest BCUT2D eigenvalue weighted by molar-refractivity contribution is 0.181. The van der Waals surface area contributed by atoms with E-state index in [-0.39, 0.29) is 0 Å². The molecule has 5 nitrogen and oxygen atoms in total. The van der Waals surface area contributed by atoms with Gasteiger partial charge in [0.25, 0.3) is 0 Å². The lowest BCUT2D eigenvalue weighted by Gasteiger charge is -2.24. The highest BCUT2D eigenvalue weighted by Gasteiger charge is 2.19. The van der Waals surface area contributed by atoms with Crippen molar-refractivity contribution in [1.82, 2.24) is 15.2 Å². The smallest absolute Gasteiger partial charge is 0.194 e. The van der Waals surface area contributed by atoms with Crippen LogP contribution in [0.25, 0.3) is 0 Å². The predicted octanol–water partition coefficient (Wildman–Crippen LogP) is 2.78. The molecule has 1 aromatic rings. The average Bonchev–Trinajstić information content (AvgIpc) is 3.14. The van der Waals surface area contributed by atoms with Gasteiger partial charge in [0, 0.05) is 50.2 Å². The van der Waals surface area contributed by atoms with Crippen LogP contribution >= 0.6 is 11.3 Å². The van der Waals surface area contributed by atoms with E-state index < -0.39 is 0 Å². The van der Waals surface area contributed by atoms with Gasteiger partial charge >= 0.3 is 0 Å². The van der Waals surface area contributed by atoms with Crippen molar-refractivity contribution in [2.75, 3.05) is 33.4 Å². The third-order valence-electron chi connectivity index (χ3n) is 3.82. The van der Waals surface area contributed by atoms with Gasteiger partial charge in [0.05, 0.1) is 18.2 Å². The van der Waals surface area contributed by atoms with Crippen molar-refractivity contribution in [3.8, 4) is 0 Å². The first-order valence-corrected chi connectivity index (χ1v) is 9.40. The first-order chi connectivity index (χ1) is 11.1. The van der Waals surface area contributed by atoms with E-state index in [0.29, 0.717) is 18.4 Å². The van der Waals surface area contributed by atoms with Gasteiger partial charge in [0.1, 0.15) is 0 Å². The fourth-order valence-corrected chi connectivity index (χ4v) is 3.75. The molecule has 0 amide bonds. The van der Waals surface area contributed by atoms with Crippen LogP contribution in [0.3, 0.4) is 0 Å². The maximum Gasteiger partial charge on any atom is 0.194 e. The van der Waals surface area contributed by atoms with Crippen molar-refractivity contribution in [2.45, 2.75) is 40.2 Å². The number of aliphatic imine (C=N–C) groups is 1. The van der Waals surface area contributed by atoms with E-state index in [1.54, 1.807) is 11.3 Å². The van der Waals surface area contributed by atoms with Crippen LogP contribution in [-0.4, -0.2) is 49.2 Å². The Balaban J connectivity index is 1.92. The minimum absolute atomic E-state index is 0.616. The molecule has 0 radical (unpaired) electrons. The summed E-state index contributed by atoms with van der Waals surface area (Å²) in [6.07, 6.45) is 4.17. The first-order valence-electron chi connectivity index (χ1n) is 8.59. The molecule has 2 heterocycles. The maximum atomic E-state index is 5.47. The second-order valence-corrected chi connectivity index (χ2v) is 7.80. The summed E-state index contributed by atoms with van der Waals surface area (Å²) in [5.74, 6) is 2.23. The maximum absolute atomic E-state index is 5.47. The predicted molar refractivity (Wildman–Crippen MR) is 97.0 cm³/mol. The van der Waals surface area contributed by atoms with Crippen molar-refractivity contribution in [3.63, 3.8) is 0 Å². The van der Waals surface area contributed by atoms with Crippen molar-refractivity contribution in [1.29, 1.82) is 0 Å². The number of aromatic nitrogens is 1. The van der Waals surface area contributed by atoms with E-state index in [2.05, 4.69) is 43.0 Å². The molecule has 1 N–H and O–H groups in total. The lowest BCUT2D eigenvalue weighted by atomic mass is 10.1. The molecular weight excluding hydrogens is 308 g/mol. The van der Waals surface area contributed by atoms with Gasteiger partial charge in [-0.3, -0.25) is 0 Å². The van der Waals surface area contributed by atoms with Crippen LogP contribution in [0.5, 0.6) is 0 Å². The normalized spacial score (nSPS) is 18.7. The zero-order valence-electron chi connectivity index (χ0n) is 14.8. The van der Waals surface area contributed by atoms with Crippen LogP contribution in [-0.2, 0) is 17.7 Å². The highest BCUT2D eigenvalue weighted by molar-refractivity contribution is 7.11. The first kappa shape index (κ1) is 18.2. The zero-order valence-corrected chi connectivity index (χ0v) is 15.7. The Kier molecular flexibility index (Phi) is 7.30. The molecule has 0 bridgehead atoms. The molecule has 1 unspecified atom stereocenters. The zero-order chi connectivity index (χ0) is 16.7. The molecule has 130 valence electrons. The van der Waals surface area contributed by atoms with E-state index in [4.69, 9.17) is 9.73 Å². The van der Waals surface area contributed by atoms with Crippen LogP contribution in [0.15, 0.2) is 11.2 Å². The molecule has 1 saturated heterocycles. The summed E-state index contributed by atoms with van der Waals surface area (Å²) in [4.78, 5) is 12.7. The fourth-order valence-electron chi connectivity index (χ4n) is 2.69. The quantitative estimate of drug-likeness (QED) is 0.613. The monoisotopic (exact) mass is 338 g/mol. The van der Waals surface area contributed by atoms with Crippen LogP contribution < -0.4 is 5.32 Å². The SMILES string of the molecule is CCNC(=NCc1cnc(CC(C)C)s1)N(C)CC1CCOC1. The second-order valence-electron chi connectivity index (χ2n) is 6.60. The molecule has 1 fully saturated rings. The summed E-state index contributed by atoms with van der Waals surface area (Å²) in [6, 6.07) is 0. The van der Waals surface area contributed by atoms with Crippen molar-refractivity contribution in [3.05, 3.63) is 16.1 Å². The number of hydrogen-bond donors (Lipinski definition) is 1. The van der Waals surface area contributed by atoms with E-state index >= 15 is 0 Å². The molecule has 23 heavy (non-hydrogen) atoms. The topological polar surface area (TPSA) is 49.8 Å². The van der Waals surface area contributed by atoms with Crippen molar-refractivity contribution in [2.24, 2.45) is 16.8 Å². The molecule has 0 spiro atoms. The lowest BCUT2D eigenvalue weighted by Crippen LogP contribution is -2.41. The van der Waals surface area contributed by atoms with Crippen LogP contribution in [0, 0.1) is 11.8 Å². The highest BCUT2D eigenvalue weighted by atomic mass is 32.1. The van der Waals surface area contributed by atoms with Crippen LogP contribution in [0.4, 0.5) is 0 Å². The Hall–Kier alpha value is -1.14. The molecule has 0 aliphatic carbocycles. The van der Waals surface area contributed by atoms with Gasteiger partial charge in [-0.15, -0.1) is 11.3 Å². The molecule has 0 aromatic carbocycles. The standard InChI is InChI=1S/C17H30N4OS/c1-5-18-17(21(4)11-14-6-7-22-12-14)20-10-15-9-19-16(23-15)8-13(2)3/h9,13-14H,5-8,10-12H2,1-4H3,(H,18,20). The van der Waals surface area contributed by atoms with Crippen LogP contribution in [0.2, 0.25) is 0 Å². The number of nitrogens with zero attached hydrogens (tertiary/aromatic N) is 3. The number of rotatable bonds is 7. The number of nitrogens with one attached hydrogen (secondary N) is 1. The Morgan fingerprint density at radius 1 is 1.57 bits per heavy atom. The molecule has 2 rings (SSSR count). The van der Waals surface area contributed by atoms with Gasteiger partial charge in [-0.25, -0.2) is 9.98 Å². The third-order valence-corrected chi connectivity index (χ3v) is 4.83. The summed E-state index contributed by atoms with van der Waals surface area (Å²) in [7, 11) is 2.11. The van der Waals surface area contributed by atoms with Crippen molar-refractivity contribution < 1.29 is 4.74 Å². The summed E-state index contributed by atoms with van der Waals surface area (Å²) in [6.45, 7) is 10.9. The van der Waals surface area contributed by atoms with E-state index in [1.807, 2.05) is 6.20 Å². The largest absolute Gasteiger partial charge is 0.381 e. The average molecular weight is 339 g/mol. The minimum atomic E-state index is 0.616.